The van der Waals surface area contributed by atoms with E-state index in [0.717, 1.165) is 47.2 Å². The van der Waals surface area contributed by atoms with E-state index in [4.69, 9.17) is 4.74 Å². The van der Waals surface area contributed by atoms with Crippen LogP contribution >= 0.6 is 0 Å². The Morgan fingerprint density at radius 1 is 1.21 bits per heavy atom. The maximum atomic E-state index is 12.4. The third-order valence-corrected chi connectivity index (χ3v) is 6.57. The maximum absolute atomic E-state index is 12.4. The molecule has 2 aliphatic heterocycles. The number of Topliss-reactive ketones (excluding diaryl/α,β-unsaturated/α-hetero) is 1. The second-order valence-corrected chi connectivity index (χ2v) is 9.18. The molecule has 1 aliphatic carbocycles. The fourth-order valence-electron chi connectivity index (χ4n) is 4.59. The lowest BCUT2D eigenvalue weighted by molar-refractivity contribution is -0.125. The zero-order chi connectivity index (χ0) is 26.6. The lowest BCUT2D eigenvalue weighted by Crippen LogP contribution is -2.31. The largest absolute Gasteiger partial charge is 0.490 e. The lowest BCUT2D eigenvalue weighted by atomic mass is 10.1. The summed E-state index contributed by atoms with van der Waals surface area (Å²) in [5.41, 5.74) is 4.50. The minimum Gasteiger partial charge on any atom is -0.490 e. The van der Waals surface area contributed by atoms with Crippen LogP contribution in [0.3, 0.4) is 0 Å². The number of benzene rings is 1. The van der Waals surface area contributed by atoms with Crippen LogP contribution < -0.4 is 20.3 Å². The van der Waals surface area contributed by atoms with Gasteiger partial charge in [-0.25, -0.2) is 4.98 Å². The summed E-state index contributed by atoms with van der Waals surface area (Å²) in [6.45, 7) is 11.3. The second kappa shape index (κ2) is 10.8. The van der Waals surface area contributed by atoms with Gasteiger partial charge in [-0.05, 0) is 55.8 Å². The molecule has 194 valence electrons. The minimum atomic E-state index is -0.151. The standard InChI is InChI=1S/C29H30N6O3/c1-4-19(2)34-15-16-38-26-13-11-22(17-25(26)34)31-28-24(20(3)36)18-30-29(33-28)32-21-7-5-8-23(12-10-21)35-14-6-9-27(35)37/h4-5,8,10-13,17-18H,1-2,6-7,9,14-16H2,3H3,(H2,30,31,32,33). The molecule has 2 aromatic rings. The molecule has 2 N–H and O–H groups in total. The van der Waals surface area contributed by atoms with Crippen LogP contribution in [0.5, 0.6) is 5.75 Å². The van der Waals surface area contributed by atoms with E-state index in [0.29, 0.717) is 43.3 Å². The molecule has 0 unspecified atom stereocenters. The summed E-state index contributed by atoms with van der Waals surface area (Å²) >= 11 is 0. The van der Waals surface area contributed by atoms with E-state index >= 15 is 0 Å². The number of aromatic nitrogens is 2. The fourth-order valence-corrected chi connectivity index (χ4v) is 4.59. The molecule has 1 aromatic heterocycles. The van der Waals surface area contributed by atoms with E-state index in [9.17, 15) is 9.59 Å². The number of carbonyl (C=O) groups is 2. The highest BCUT2D eigenvalue weighted by molar-refractivity contribution is 5.99. The van der Waals surface area contributed by atoms with Gasteiger partial charge in [0, 0.05) is 48.4 Å². The van der Waals surface area contributed by atoms with Crippen LogP contribution in [0, 0.1) is 0 Å². The Kier molecular flexibility index (Phi) is 7.08. The normalized spacial score (nSPS) is 16.6. The topological polar surface area (TPSA) is 99.7 Å². The van der Waals surface area contributed by atoms with E-state index < -0.39 is 0 Å². The van der Waals surface area contributed by atoms with Crippen molar-refractivity contribution in [3.63, 3.8) is 0 Å². The number of anilines is 4. The summed E-state index contributed by atoms with van der Waals surface area (Å²) in [7, 11) is 0. The summed E-state index contributed by atoms with van der Waals surface area (Å²) in [6, 6.07) is 5.70. The van der Waals surface area contributed by atoms with Crippen LogP contribution in [0.2, 0.25) is 0 Å². The van der Waals surface area contributed by atoms with Gasteiger partial charge in [-0.1, -0.05) is 19.2 Å². The Hall–Kier alpha value is -4.66. The molecule has 5 rings (SSSR count). The Balaban J connectivity index is 1.39. The van der Waals surface area contributed by atoms with E-state index in [2.05, 4.69) is 33.8 Å². The van der Waals surface area contributed by atoms with E-state index in [1.165, 1.54) is 13.1 Å². The van der Waals surface area contributed by atoms with Crippen molar-refractivity contribution in [1.29, 1.82) is 0 Å². The lowest BCUT2D eigenvalue weighted by Gasteiger charge is -2.31. The first-order valence-electron chi connectivity index (χ1n) is 12.6. The zero-order valence-corrected chi connectivity index (χ0v) is 21.4. The molecule has 0 spiro atoms. The van der Waals surface area contributed by atoms with Gasteiger partial charge in [-0.2, -0.15) is 4.98 Å². The highest BCUT2D eigenvalue weighted by atomic mass is 16.5. The van der Waals surface area contributed by atoms with Gasteiger partial charge in [0.2, 0.25) is 11.9 Å². The number of rotatable bonds is 8. The molecule has 1 fully saturated rings. The monoisotopic (exact) mass is 510 g/mol. The summed E-state index contributed by atoms with van der Waals surface area (Å²) in [4.78, 5) is 37.3. The number of fused-ring (bicyclic) bond motifs is 1. The molecule has 1 saturated heterocycles. The van der Waals surface area contributed by atoms with Crippen molar-refractivity contribution in [3.8, 4) is 5.75 Å². The highest BCUT2D eigenvalue weighted by Crippen LogP contribution is 2.37. The average molecular weight is 511 g/mol. The smallest absolute Gasteiger partial charge is 0.228 e. The second-order valence-electron chi connectivity index (χ2n) is 9.18. The maximum Gasteiger partial charge on any atom is 0.228 e. The van der Waals surface area contributed by atoms with Gasteiger partial charge in [-0.3, -0.25) is 9.59 Å². The predicted molar refractivity (Wildman–Crippen MR) is 148 cm³/mol. The predicted octanol–water partition coefficient (Wildman–Crippen LogP) is 5.08. The number of amides is 1. The molecular formula is C29H30N6O3. The van der Waals surface area contributed by atoms with E-state index in [-0.39, 0.29) is 11.7 Å². The number of carbonyl (C=O) groups excluding carboxylic acids is 2. The van der Waals surface area contributed by atoms with Crippen molar-refractivity contribution in [3.05, 3.63) is 90.6 Å². The fraction of sp³-hybridized carbons (Fsp3) is 0.241. The van der Waals surface area contributed by atoms with Gasteiger partial charge >= 0.3 is 0 Å². The van der Waals surface area contributed by atoms with Crippen molar-refractivity contribution >= 4 is 34.8 Å². The van der Waals surface area contributed by atoms with Crippen molar-refractivity contribution in [2.75, 3.05) is 35.2 Å². The third kappa shape index (κ3) is 5.22. The molecule has 0 saturated carbocycles. The van der Waals surface area contributed by atoms with Gasteiger partial charge in [0.05, 0.1) is 17.8 Å². The average Bonchev–Trinajstić information content (AvgIpc) is 3.21. The quantitative estimate of drug-likeness (QED) is 0.375. The number of nitrogens with one attached hydrogen (secondary N) is 2. The number of likely N-dealkylation sites (tertiary alicyclic amines) is 1. The molecule has 0 radical (unpaired) electrons. The minimum absolute atomic E-state index is 0.148. The third-order valence-electron chi connectivity index (χ3n) is 6.57. The Morgan fingerprint density at radius 3 is 2.84 bits per heavy atom. The molecule has 0 atom stereocenters. The Bertz CT molecular complexity index is 1410. The number of nitrogens with zero attached hydrogens (tertiary/aromatic N) is 4. The molecule has 9 nitrogen and oxygen atoms in total. The van der Waals surface area contributed by atoms with Crippen LogP contribution in [0.1, 0.15) is 36.5 Å². The first-order chi connectivity index (χ1) is 18.4. The molecule has 3 aliphatic rings. The number of hydrogen-bond donors (Lipinski definition) is 2. The van der Waals surface area contributed by atoms with Gasteiger partial charge in [0.25, 0.3) is 0 Å². The number of ether oxygens (including phenoxy) is 1. The Morgan fingerprint density at radius 2 is 2.08 bits per heavy atom. The van der Waals surface area contributed by atoms with Crippen molar-refractivity contribution < 1.29 is 14.3 Å². The van der Waals surface area contributed by atoms with E-state index in [1.807, 2.05) is 52.3 Å². The van der Waals surface area contributed by atoms with Gasteiger partial charge in [0.15, 0.2) is 5.78 Å². The summed E-state index contributed by atoms with van der Waals surface area (Å²) in [5.74, 6) is 1.49. The Labute approximate surface area is 221 Å². The van der Waals surface area contributed by atoms with Gasteiger partial charge < -0.3 is 25.2 Å². The molecule has 3 heterocycles. The molecule has 38 heavy (non-hydrogen) atoms. The SMILES string of the molecule is C=CC(=C)N1CCOc2ccc(Nc3nc(NC4=CC=C(N5CCCC5=O)C=CC4)ncc3C(C)=O)cc21. The van der Waals surface area contributed by atoms with Crippen LogP contribution in [0.15, 0.2) is 85.0 Å². The highest BCUT2D eigenvalue weighted by Gasteiger charge is 2.23. The molecule has 1 aromatic carbocycles. The van der Waals surface area contributed by atoms with Crippen molar-refractivity contribution in [2.24, 2.45) is 0 Å². The van der Waals surface area contributed by atoms with E-state index in [1.54, 1.807) is 6.08 Å². The summed E-state index contributed by atoms with van der Waals surface area (Å²) in [6.07, 6.45) is 13.1. The zero-order valence-electron chi connectivity index (χ0n) is 21.4. The summed E-state index contributed by atoms with van der Waals surface area (Å²) in [5, 5.41) is 6.53. The van der Waals surface area contributed by atoms with Crippen LogP contribution in [0.4, 0.5) is 23.1 Å². The van der Waals surface area contributed by atoms with Gasteiger partial charge in [0.1, 0.15) is 18.2 Å². The van der Waals surface area contributed by atoms with Crippen LogP contribution in [-0.4, -0.2) is 46.3 Å². The van der Waals surface area contributed by atoms with Gasteiger partial charge in [-0.15, -0.1) is 0 Å². The van der Waals surface area contributed by atoms with Crippen molar-refractivity contribution in [1.82, 2.24) is 14.9 Å². The molecule has 0 bridgehead atoms. The van der Waals surface area contributed by atoms with Crippen LogP contribution in [-0.2, 0) is 4.79 Å². The number of allylic oxidation sites excluding steroid dienone is 5. The first-order valence-corrected chi connectivity index (χ1v) is 12.6. The first kappa shape index (κ1) is 25.0. The molecular weight excluding hydrogens is 480 g/mol. The van der Waals surface area contributed by atoms with Crippen LogP contribution in [0.25, 0.3) is 0 Å². The molecule has 9 heteroatoms. The molecule has 1 amide bonds. The summed E-state index contributed by atoms with van der Waals surface area (Å²) < 4.78 is 5.80. The van der Waals surface area contributed by atoms with Crippen molar-refractivity contribution in [2.45, 2.75) is 26.2 Å². The number of ketones is 1. The number of hydrogen-bond acceptors (Lipinski definition) is 8.